The lowest BCUT2D eigenvalue weighted by Gasteiger charge is -2.26. The third kappa shape index (κ3) is 4.22. The normalized spacial score (nSPS) is 19.8. The van der Waals surface area contributed by atoms with Crippen molar-refractivity contribution in [3.8, 4) is 5.69 Å². The van der Waals surface area contributed by atoms with Gasteiger partial charge in [0.05, 0.1) is 29.7 Å². The maximum atomic E-state index is 12.2. The number of urea groups is 1. The number of carbonyl (C=O) groups is 2. The molecule has 7 heteroatoms. The number of carboxylic acid groups (broad SMARTS) is 1. The molecule has 0 atom stereocenters. The van der Waals surface area contributed by atoms with Crippen molar-refractivity contribution < 1.29 is 14.7 Å². The summed E-state index contributed by atoms with van der Waals surface area (Å²) >= 11 is 0. The van der Waals surface area contributed by atoms with Crippen molar-refractivity contribution >= 4 is 17.7 Å². The van der Waals surface area contributed by atoms with Crippen molar-refractivity contribution in [3.05, 3.63) is 41.7 Å². The standard InChI is InChI=1S/C19H24N4O3/c1-12-3-8-17(13(2)9-12)23-11-16(10-20-23)22-19(26)21-15-6-4-14(5-7-15)18(24)25/h3,8-11,14-15H,4-7H2,1-2H3,(H,24,25)(H2,21,22,26). The van der Waals surface area contributed by atoms with Crippen molar-refractivity contribution in [2.75, 3.05) is 5.32 Å². The molecule has 7 nitrogen and oxygen atoms in total. The monoisotopic (exact) mass is 356 g/mol. The van der Waals surface area contributed by atoms with Crippen molar-refractivity contribution in [1.29, 1.82) is 0 Å². The van der Waals surface area contributed by atoms with Gasteiger partial charge in [0.1, 0.15) is 0 Å². The Balaban J connectivity index is 1.56. The zero-order valence-electron chi connectivity index (χ0n) is 15.0. The summed E-state index contributed by atoms with van der Waals surface area (Å²) in [6.45, 7) is 4.07. The van der Waals surface area contributed by atoms with Crippen LogP contribution < -0.4 is 10.6 Å². The third-order valence-corrected chi connectivity index (χ3v) is 4.85. The lowest BCUT2D eigenvalue weighted by Crippen LogP contribution is -2.40. The van der Waals surface area contributed by atoms with Crippen LogP contribution in [-0.2, 0) is 4.79 Å². The van der Waals surface area contributed by atoms with E-state index in [9.17, 15) is 9.59 Å². The van der Waals surface area contributed by atoms with Gasteiger partial charge in [-0.15, -0.1) is 0 Å². The highest BCUT2D eigenvalue weighted by Gasteiger charge is 2.26. The molecular weight excluding hydrogens is 332 g/mol. The summed E-state index contributed by atoms with van der Waals surface area (Å²) in [6.07, 6.45) is 5.97. The molecule has 0 aliphatic heterocycles. The van der Waals surface area contributed by atoms with Gasteiger partial charge in [0.25, 0.3) is 0 Å². The van der Waals surface area contributed by atoms with Gasteiger partial charge in [0.2, 0.25) is 0 Å². The van der Waals surface area contributed by atoms with Gasteiger partial charge < -0.3 is 15.7 Å². The summed E-state index contributed by atoms with van der Waals surface area (Å²) in [7, 11) is 0. The smallest absolute Gasteiger partial charge is 0.319 e. The van der Waals surface area contributed by atoms with Crippen molar-refractivity contribution in [2.45, 2.75) is 45.6 Å². The predicted molar refractivity (Wildman–Crippen MR) is 98.6 cm³/mol. The number of carbonyl (C=O) groups excluding carboxylic acids is 1. The number of aromatic nitrogens is 2. The van der Waals surface area contributed by atoms with Crippen molar-refractivity contribution in [2.24, 2.45) is 5.92 Å². The number of hydrogen-bond acceptors (Lipinski definition) is 3. The molecule has 3 N–H and O–H groups in total. The molecule has 0 unspecified atom stereocenters. The quantitative estimate of drug-likeness (QED) is 0.783. The van der Waals surface area contributed by atoms with E-state index in [-0.39, 0.29) is 18.0 Å². The van der Waals surface area contributed by atoms with E-state index in [2.05, 4.69) is 21.8 Å². The van der Waals surface area contributed by atoms with E-state index in [4.69, 9.17) is 5.11 Å². The van der Waals surface area contributed by atoms with Gasteiger partial charge in [-0.2, -0.15) is 5.10 Å². The molecule has 26 heavy (non-hydrogen) atoms. The number of rotatable bonds is 4. The SMILES string of the molecule is Cc1ccc(-n2cc(NC(=O)NC3CCC(C(=O)O)CC3)cn2)c(C)c1. The summed E-state index contributed by atoms with van der Waals surface area (Å²) in [4.78, 5) is 23.2. The Kier molecular flexibility index (Phi) is 5.25. The summed E-state index contributed by atoms with van der Waals surface area (Å²) in [5.41, 5.74) is 3.88. The summed E-state index contributed by atoms with van der Waals surface area (Å²) in [5.74, 6) is -1.03. The minimum atomic E-state index is -0.744. The van der Waals surface area contributed by atoms with Gasteiger partial charge in [0.15, 0.2) is 0 Å². The van der Waals surface area contributed by atoms with Gasteiger partial charge in [-0.05, 0) is 51.2 Å². The van der Waals surface area contributed by atoms with E-state index < -0.39 is 5.97 Å². The molecule has 138 valence electrons. The molecule has 0 saturated heterocycles. The maximum Gasteiger partial charge on any atom is 0.319 e. The number of aliphatic carboxylic acids is 1. The first kappa shape index (κ1) is 18.0. The second kappa shape index (κ2) is 7.59. The van der Waals surface area contributed by atoms with Crippen LogP contribution in [-0.4, -0.2) is 32.9 Å². The van der Waals surface area contributed by atoms with Crippen LogP contribution in [0, 0.1) is 19.8 Å². The molecule has 1 aliphatic carbocycles. The van der Waals surface area contributed by atoms with Crippen LogP contribution in [0.2, 0.25) is 0 Å². The van der Waals surface area contributed by atoms with Gasteiger partial charge in [-0.1, -0.05) is 17.7 Å². The lowest BCUT2D eigenvalue weighted by molar-refractivity contribution is -0.142. The molecule has 1 aliphatic rings. The molecule has 1 aromatic heterocycles. The van der Waals surface area contributed by atoms with Crippen LogP contribution in [0.3, 0.4) is 0 Å². The number of benzene rings is 1. The number of anilines is 1. The third-order valence-electron chi connectivity index (χ3n) is 4.85. The molecular formula is C19H24N4O3. The Morgan fingerprint density at radius 1 is 1.19 bits per heavy atom. The fourth-order valence-corrected chi connectivity index (χ4v) is 3.42. The minimum absolute atomic E-state index is 0.0139. The van der Waals surface area contributed by atoms with Crippen molar-refractivity contribution in [3.63, 3.8) is 0 Å². The van der Waals surface area contributed by atoms with E-state index in [1.165, 1.54) is 5.56 Å². The zero-order valence-corrected chi connectivity index (χ0v) is 15.0. The number of hydrogen-bond donors (Lipinski definition) is 3. The average Bonchev–Trinajstić information content (AvgIpc) is 3.03. The molecule has 0 bridgehead atoms. The average molecular weight is 356 g/mol. The summed E-state index contributed by atoms with van der Waals surface area (Å²) < 4.78 is 1.74. The first-order valence-corrected chi connectivity index (χ1v) is 8.85. The predicted octanol–water partition coefficient (Wildman–Crippen LogP) is 3.25. The second-order valence-electron chi connectivity index (χ2n) is 6.95. The van der Waals surface area contributed by atoms with Crippen LogP contribution in [0.1, 0.15) is 36.8 Å². The van der Waals surface area contributed by atoms with Crippen LogP contribution in [0.5, 0.6) is 0 Å². The molecule has 0 spiro atoms. The van der Waals surface area contributed by atoms with Crippen molar-refractivity contribution in [1.82, 2.24) is 15.1 Å². The molecule has 0 radical (unpaired) electrons. The summed E-state index contributed by atoms with van der Waals surface area (Å²) in [6, 6.07) is 5.84. The first-order valence-electron chi connectivity index (χ1n) is 8.85. The Bertz CT molecular complexity index is 807. The largest absolute Gasteiger partial charge is 0.481 e. The molecule has 1 fully saturated rings. The number of nitrogens with zero attached hydrogens (tertiary/aromatic N) is 2. The van der Waals surface area contributed by atoms with E-state index in [0.717, 1.165) is 11.3 Å². The van der Waals surface area contributed by atoms with E-state index in [1.807, 2.05) is 26.0 Å². The van der Waals surface area contributed by atoms with Crippen LogP contribution in [0.4, 0.5) is 10.5 Å². The zero-order chi connectivity index (χ0) is 18.7. The fraction of sp³-hybridized carbons (Fsp3) is 0.421. The van der Waals surface area contributed by atoms with Crippen LogP contribution >= 0.6 is 0 Å². The highest BCUT2D eigenvalue weighted by atomic mass is 16.4. The van der Waals surface area contributed by atoms with E-state index in [0.29, 0.717) is 31.4 Å². The van der Waals surface area contributed by atoms with E-state index >= 15 is 0 Å². The topological polar surface area (TPSA) is 96.2 Å². The first-order chi connectivity index (χ1) is 12.4. The number of carboxylic acids is 1. The molecule has 2 aromatic rings. The van der Waals surface area contributed by atoms with Gasteiger partial charge in [-0.25, -0.2) is 9.48 Å². The molecule has 2 amide bonds. The Morgan fingerprint density at radius 2 is 1.92 bits per heavy atom. The number of amides is 2. The van der Waals surface area contributed by atoms with Gasteiger partial charge in [0, 0.05) is 6.04 Å². The molecule has 1 aromatic carbocycles. The Labute approximate surface area is 152 Å². The summed E-state index contributed by atoms with van der Waals surface area (Å²) in [5, 5.41) is 19.0. The minimum Gasteiger partial charge on any atom is -0.481 e. The highest BCUT2D eigenvalue weighted by molar-refractivity contribution is 5.89. The molecule has 1 heterocycles. The van der Waals surface area contributed by atoms with Gasteiger partial charge in [-0.3, -0.25) is 4.79 Å². The number of nitrogens with one attached hydrogen (secondary N) is 2. The number of aryl methyl sites for hydroxylation is 2. The maximum absolute atomic E-state index is 12.2. The second-order valence-corrected chi connectivity index (χ2v) is 6.95. The fourth-order valence-electron chi connectivity index (χ4n) is 3.42. The van der Waals surface area contributed by atoms with Crippen LogP contribution in [0.15, 0.2) is 30.6 Å². The Morgan fingerprint density at radius 3 is 2.58 bits per heavy atom. The van der Waals surface area contributed by atoms with Crippen LogP contribution in [0.25, 0.3) is 5.69 Å². The highest BCUT2D eigenvalue weighted by Crippen LogP contribution is 2.24. The van der Waals surface area contributed by atoms with E-state index in [1.54, 1.807) is 17.1 Å². The molecule has 1 saturated carbocycles. The molecule has 3 rings (SSSR count). The van der Waals surface area contributed by atoms with Gasteiger partial charge >= 0.3 is 12.0 Å². The Hall–Kier alpha value is -2.83. The lowest BCUT2D eigenvalue weighted by atomic mass is 9.86.